The minimum absolute atomic E-state index is 0.403. The Morgan fingerprint density at radius 2 is 2.12 bits per heavy atom. The Morgan fingerprint density at radius 3 is 2.56 bits per heavy atom. The Balaban J connectivity index is 2.89. The van der Waals surface area contributed by atoms with Crippen LogP contribution in [0.5, 0.6) is 0 Å². The molecule has 0 bridgehead atoms. The highest BCUT2D eigenvalue weighted by atomic mass is 19.1. The zero-order chi connectivity index (χ0) is 12.0. The van der Waals surface area contributed by atoms with Crippen LogP contribution >= 0.6 is 0 Å². The molecule has 2 atom stereocenters. The lowest BCUT2D eigenvalue weighted by Crippen LogP contribution is -2.17. The Hall–Kier alpha value is -1.91. The van der Waals surface area contributed by atoms with Gasteiger partial charge in [-0.25, -0.2) is 0 Å². The second-order valence-corrected chi connectivity index (χ2v) is 3.16. The van der Waals surface area contributed by atoms with E-state index in [1.807, 2.05) is 0 Å². The fourth-order valence-corrected chi connectivity index (χ4v) is 1.24. The fraction of sp³-hybridized carbons (Fsp3) is 0.300. The number of halogens is 1. The molecule has 1 aromatic carbocycles. The Kier molecular flexibility index (Phi) is 4.44. The van der Waals surface area contributed by atoms with Crippen molar-refractivity contribution in [2.75, 3.05) is 6.67 Å². The number of alkyl halides is 1. The summed E-state index contributed by atoms with van der Waals surface area (Å²) in [6, 6.07) is 4.83. The zero-order valence-corrected chi connectivity index (χ0v) is 8.32. The average Bonchev–Trinajstić information content (AvgIpc) is 2.35. The van der Waals surface area contributed by atoms with Gasteiger partial charge in [-0.1, -0.05) is 29.4 Å². The summed E-state index contributed by atoms with van der Waals surface area (Å²) in [7, 11) is 0. The molecule has 0 amide bonds. The van der Waals surface area contributed by atoms with E-state index < -0.39 is 18.8 Å². The first-order valence-corrected chi connectivity index (χ1v) is 4.56. The van der Waals surface area contributed by atoms with E-state index in [0.717, 1.165) is 0 Å². The van der Waals surface area contributed by atoms with E-state index in [0.29, 0.717) is 17.4 Å². The number of azide groups is 1. The van der Waals surface area contributed by atoms with Crippen molar-refractivity contribution in [1.82, 2.24) is 0 Å². The van der Waals surface area contributed by atoms with Gasteiger partial charge in [0.2, 0.25) is 0 Å². The lowest BCUT2D eigenvalue weighted by atomic mass is 10.0. The molecular weight excluding hydrogens is 213 g/mol. The fourth-order valence-electron chi connectivity index (χ4n) is 1.24. The Bertz CT molecular complexity index is 401. The summed E-state index contributed by atoms with van der Waals surface area (Å²) in [4.78, 5) is 12.8. The van der Waals surface area contributed by atoms with E-state index in [4.69, 9.17) is 5.53 Å². The Labute approximate surface area is 91.1 Å². The molecule has 6 heteroatoms. The Morgan fingerprint density at radius 1 is 1.50 bits per heavy atom. The van der Waals surface area contributed by atoms with Crippen LogP contribution in [0, 0.1) is 0 Å². The maximum absolute atomic E-state index is 12.4. The van der Waals surface area contributed by atoms with E-state index in [9.17, 15) is 14.3 Å². The predicted octanol–water partition coefficient (Wildman–Crippen LogP) is 2.18. The van der Waals surface area contributed by atoms with Gasteiger partial charge in [0.15, 0.2) is 0 Å². The first-order chi connectivity index (χ1) is 7.72. The summed E-state index contributed by atoms with van der Waals surface area (Å²) in [5.74, 6) is 0. The molecule has 0 aliphatic carbocycles. The van der Waals surface area contributed by atoms with Gasteiger partial charge < -0.3 is 5.11 Å². The smallest absolute Gasteiger partial charge is 0.150 e. The number of benzene rings is 1. The zero-order valence-electron chi connectivity index (χ0n) is 8.32. The van der Waals surface area contributed by atoms with Crippen molar-refractivity contribution in [1.29, 1.82) is 0 Å². The van der Waals surface area contributed by atoms with Crippen LogP contribution in [-0.2, 0) is 0 Å². The first kappa shape index (κ1) is 12.2. The van der Waals surface area contributed by atoms with E-state index in [2.05, 4.69) is 10.0 Å². The minimum atomic E-state index is -1.21. The second-order valence-electron chi connectivity index (χ2n) is 3.16. The highest BCUT2D eigenvalue weighted by Crippen LogP contribution is 2.20. The van der Waals surface area contributed by atoms with Gasteiger partial charge in [-0.3, -0.25) is 9.18 Å². The standard InChI is InChI=1S/C10H10FN3O2/c11-5-9(13-14-12)10(16)8-3-1-7(6-15)2-4-8/h1-4,6,9-10,16H,5H2/t9-,10-/m1/s1. The van der Waals surface area contributed by atoms with Gasteiger partial charge in [0.1, 0.15) is 13.0 Å². The average molecular weight is 223 g/mol. The highest BCUT2D eigenvalue weighted by molar-refractivity contribution is 5.74. The van der Waals surface area contributed by atoms with Crippen molar-refractivity contribution in [3.05, 3.63) is 45.8 Å². The van der Waals surface area contributed by atoms with Crippen LogP contribution in [0.15, 0.2) is 29.4 Å². The third-order valence-corrected chi connectivity index (χ3v) is 2.14. The number of aliphatic hydroxyl groups excluding tert-OH is 1. The summed E-state index contributed by atoms with van der Waals surface area (Å²) < 4.78 is 12.4. The lowest BCUT2D eigenvalue weighted by Gasteiger charge is -2.15. The monoisotopic (exact) mass is 223 g/mol. The van der Waals surface area contributed by atoms with Crippen LogP contribution in [0.3, 0.4) is 0 Å². The largest absolute Gasteiger partial charge is 0.388 e. The van der Waals surface area contributed by atoms with Gasteiger partial charge in [0.25, 0.3) is 0 Å². The predicted molar refractivity (Wildman–Crippen MR) is 55.7 cm³/mol. The van der Waals surface area contributed by atoms with Crippen LogP contribution in [0.4, 0.5) is 4.39 Å². The number of carbonyl (C=O) groups is 1. The quantitative estimate of drug-likeness (QED) is 0.359. The van der Waals surface area contributed by atoms with E-state index in [-0.39, 0.29) is 0 Å². The van der Waals surface area contributed by atoms with Crippen LogP contribution < -0.4 is 0 Å². The molecular formula is C10H10FN3O2. The molecule has 16 heavy (non-hydrogen) atoms. The maximum atomic E-state index is 12.4. The number of nitrogens with zero attached hydrogens (tertiary/aromatic N) is 3. The molecule has 0 saturated carbocycles. The molecule has 0 spiro atoms. The molecule has 0 unspecified atom stereocenters. The lowest BCUT2D eigenvalue weighted by molar-refractivity contribution is 0.112. The van der Waals surface area contributed by atoms with Crippen molar-refractivity contribution >= 4 is 6.29 Å². The second kappa shape index (κ2) is 5.85. The van der Waals surface area contributed by atoms with Crippen molar-refractivity contribution in [3.63, 3.8) is 0 Å². The number of aldehydes is 1. The van der Waals surface area contributed by atoms with E-state index in [1.165, 1.54) is 24.3 Å². The van der Waals surface area contributed by atoms with Crippen LogP contribution in [0.25, 0.3) is 10.4 Å². The molecule has 0 aromatic heterocycles. The molecule has 5 nitrogen and oxygen atoms in total. The molecule has 1 aromatic rings. The molecule has 1 rings (SSSR count). The van der Waals surface area contributed by atoms with Crippen molar-refractivity contribution in [2.24, 2.45) is 5.11 Å². The van der Waals surface area contributed by atoms with Crippen LogP contribution in [0.1, 0.15) is 22.0 Å². The molecule has 0 heterocycles. The van der Waals surface area contributed by atoms with Crippen molar-refractivity contribution < 1.29 is 14.3 Å². The molecule has 84 valence electrons. The number of hydrogen-bond acceptors (Lipinski definition) is 3. The molecule has 0 aliphatic heterocycles. The van der Waals surface area contributed by atoms with Gasteiger partial charge >= 0.3 is 0 Å². The van der Waals surface area contributed by atoms with Gasteiger partial charge in [0.05, 0.1) is 12.1 Å². The third-order valence-electron chi connectivity index (χ3n) is 2.14. The first-order valence-electron chi connectivity index (χ1n) is 4.56. The van der Waals surface area contributed by atoms with Gasteiger partial charge in [-0.2, -0.15) is 0 Å². The third kappa shape index (κ3) is 2.79. The van der Waals surface area contributed by atoms with Crippen LogP contribution in [0.2, 0.25) is 0 Å². The summed E-state index contributed by atoms with van der Waals surface area (Å²) >= 11 is 0. The molecule has 0 aliphatic rings. The van der Waals surface area contributed by atoms with Gasteiger partial charge in [-0.15, -0.1) is 0 Å². The normalized spacial score (nSPS) is 13.6. The van der Waals surface area contributed by atoms with Crippen LogP contribution in [-0.4, -0.2) is 24.1 Å². The highest BCUT2D eigenvalue weighted by Gasteiger charge is 2.19. The SMILES string of the molecule is [N-]=[N+]=N[C@H](CF)[C@H](O)c1ccc(C=O)cc1. The summed E-state index contributed by atoms with van der Waals surface area (Å²) in [5.41, 5.74) is 9.04. The topological polar surface area (TPSA) is 86.1 Å². The number of hydrogen-bond donors (Lipinski definition) is 1. The number of aliphatic hydroxyl groups is 1. The molecule has 0 saturated heterocycles. The number of rotatable bonds is 5. The number of carbonyl (C=O) groups excluding carboxylic acids is 1. The summed E-state index contributed by atoms with van der Waals surface area (Å²) in [6.07, 6.45) is -0.544. The van der Waals surface area contributed by atoms with Crippen molar-refractivity contribution in [3.8, 4) is 0 Å². The molecule has 0 radical (unpaired) electrons. The maximum Gasteiger partial charge on any atom is 0.150 e. The summed E-state index contributed by atoms with van der Waals surface area (Å²) in [5, 5.41) is 12.8. The van der Waals surface area contributed by atoms with Gasteiger partial charge in [-0.05, 0) is 11.1 Å². The molecule has 0 fully saturated rings. The summed E-state index contributed by atoms with van der Waals surface area (Å²) in [6.45, 7) is -0.944. The van der Waals surface area contributed by atoms with E-state index in [1.54, 1.807) is 0 Å². The van der Waals surface area contributed by atoms with Crippen molar-refractivity contribution in [2.45, 2.75) is 12.1 Å². The minimum Gasteiger partial charge on any atom is -0.388 e. The van der Waals surface area contributed by atoms with Gasteiger partial charge in [0, 0.05) is 10.5 Å². The van der Waals surface area contributed by atoms with E-state index >= 15 is 0 Å². The molecule has 1 N–H and O–H groups in total.